The normalized spacial score (nSPS) is 21.3. The monoisotopic (exact) mass is 316 g/mol. The van der Waals surface area contributed by atoms with Crippen LogP contribution < -0.4 is 5.73 Å². The molecule has 0 unspecified atom stereocenters. The third-order valence-electron chi connectivity index (χ3n) is 5.53. The van der Waals surface area contributed by atoms with E-state index in [2.05, 4.69) is 25.3 Å². The fourth-order valence-corrected chi connectivity index (χ4v) is 4.59. The van der Waals surface area contributed by atoms with Crippen LogP contribution in [0.15, 0.2) is 0 Å². The van der Waals surface area contributed by atoms with E-state index in [0.717, 1.165) is 28.9 Å². The van der Waals surface area contributed by atoms with Crippen LogP contribution in [0, 0.1) is 12.3 Å². The third kappa shape index (κ3) is 2.96. The molecule has 4 nitrogen and oxygen atoms in total. The number of Topliss-reactive ketones (excluding diaryl/α,β-unsaturated/α-hetero) is 1. The highest BCUT2D eigenvalue weighted by molar-refractivity contribution is 6.01. The van der Waals surface area contributed by atoms with Gasteiger partial charge >= 0.3 is 0 Å². The van der Waals surface area contributed by atoms with E-state index in [4.69, 9.17) is 5.73 Å². The molecule has 0 saturated heterocycles. The van der Waals surface area contributed by atoms with Gasteiger partial charge in [0.25, 0.3) is 0 Å². The van der Waals surface area contributed by atoms with Crippen molar-refractivity contribution in [2.75, 3.05) is 0 Å². The zero-order valence-corrected chi connectivity index (χ0v) is 14.6. The van der Waals surface area contributed by atoms with E-state index in [1.165, 1.54) is 32.1 Å². The fraction of sp³-hybridized carbons (Fsp3) is 0.684. The van der Waals surface area contributed by atoms with Crippen molar-refractivity contribution in [2.24, 2.45) is 11.1 Å². The van der Waals surface area contributed by atoms with Crippen LogP contribution in [0.5, 0.6) is 0 Å². The highest BCUT2D eigenvalue weighted by Gasteiger charge is 2.38. The number of fused-ring (bicyclic) bond motifs is 1. The van der Waals surface area contributed by atoms with Crippen molar-refractivity contribution < 1.29 is 9.59 Å². The number of aromatic nitrogens is 1. The van der Waals surface area contributed by atoms with Gasteiger partial charge in [-0.05, 0) is 37.2 Å². The lowest BCUT2D eigenvalue weighted by atomic mass is 9.75. The van der Waals surface area contributed by atoms with Crippen LogP contribution in [0.3, 0.4) is 0 Å². The Morgan fingerprint density at radius 2 is 1.87 bits per heavy atom. The van der Waals surface area contributed by atoms with Gasteiger partial charge in [-0.25, -0.2) is 0 Å². The lowest BCUT2D eigenvalue weighted by Gasteiger charge is -2.33. The summed E-state index contributed by atoms with van der Waals surface area (Å²) in [7, 11) is 0. The van der Waals surface area contributed by atoms with Crippen molar-refractivity contribution in [3.05, 3.63) is 22.5 Å². The fourth-order valence-electron chi connectivity index (χ4n) is 4.59. The molecule has 2 aliphatic carbocycles. The van der Waals surface area contributed by atoms with E-state index in [0.29, 0.717) is 12.5 Å². The topological polar surface area (TPSA) is 65.1 Å². The van der Waals surface area contributed by atoms with E-state index in [-0.39, 0.29) is 23.5 Å². The summed E-state index contributed by atoms with van der Waals surface area (Å²) in [6, 6.07) is 0.473. The molecule has 0 spiro atoms. The average Bonchev–Trinajstić information content (AvgIpc) is 2.70. The molecular formula is C19H28N2O2. The Labute approximate surface area is 138 Å². The van der Waals surface area contributed by atoms with Gasteiger partial charge in [-0.2, -0.15) is 0 Å². The molecule has 0 aliphatic heterocycles. The first-order chi connectivity index (χ1) is 10.8. The van der Waals surface area contributed by atoms with E-state index < -0.39 is 0 Å². The molecule has 0 atom stereocenters. The van der Waals surface area contributed by atoms with Crippen molar-refractivity contribution in [3.8, 4) is 0 Å². The number of carbonyl (C=O) groups is 2. The van der Waals surface area contributed by atoms with Gasteiger partial charge in [0.2, 0.25) is 5.91 Å². The first-order valence-electron chi connectivity index (χ1n) is 8.84. The molecule has 23 heavy (non-hydrogen) atoms. The molecule has 0 radical (unpaired) electrons. The van der Waals surface area contributed by atoms with Gasteiger partial charge in [-0.1, -0.05) is 33.1 Å². The molecule has 1 heterocycles. The van der Waals surface area contributed by atoms with Crippen molar-refractivity contribution in [1.82, 2.24) is 4.57 Å². The largest absolute Gasteiger partial charge is 0.369 e. The third-order valence-corrected chi connectivity index (χ3v) is 5.53. The molecule has 1 aromatic heterocycles. The van der Waals surface area contributed by atoms with Crippen LogP contribution in [0.25, 0.3) is 0 Å². The number of nitrogens with zero attached hydrogens (tertiary/aromatic N) is 1. The molecular weight excluding hydrogens is 288 g/mol. The van der Waals surface area contributed by atoms with Gasteiger partial charge in [0.1, 0.15) is 0 Å². The number of amides is 1. The quantitative estimate of drug-likeness (QED) is 0.927. The zero-order valence-electron chi connectivity index (χ0n) is 14.6. The highest BCUT2D eigenvalue weighted by Crippen LogP contribution is 2.42. The molecule has 0 aromatic carbocycles. The van der Waals surface area contributed by atoms with Crippen LogP contribution >= 0.6 is 0 Å². The molecule has 4 heteroatoms. The predicted octanol–water partition coefficient (Wildman–Crippen LogP) is 3.48. The van der Waals surface area contributed by atoms with Crippen LogP contribution in [-0.2, 0) is 17.6 Å². The summed E-state index contributed by atoms with van der Waals surface area (Å²) in [6.07, 6.45) is 7.79. The predicted molar refractivity (Wildman–Crippen MR) is 90.6 cm³/mol. The maximum atomic E-state index is 12.8. The highest BCUT2D eigenvalue weighted by atomic mass is 16.1. The van der Waals surface area contributed by atoms with Gasteiger partial charge in [-0.3, -0.25) is 9.59 Å². The Balaban J connectivity index is 2.15. The smallest absolute Gasteiger partial charge is 0.221 e. The van der Waals surface area contributed by atoms with E-state index >= 15 is 0 Å². The molecule has 2 N–H and O–H groups in total. The Hall–Kier alpha value is -1.58. The SMILES string of the molecule is Cc1c(CC(N)=O)c2c(n1C1CCCCC1)CC(C)(C)CC2=O. The minimum absolute atomic E-state index is 0.00864. The standard InChI is InChI=1S/C19H28N2O2/c1-12-14(9-17(20)23)18-15(10-19(2,3)11-16(18)22)21(12)13-7-5-4-6-8-13/h13H,4-11H2,1-3H3,(H2,20,23). The van der Waals surface area contributed by atoms with Gasteiger partial charge < -0.3 is 10.3 Å². The van der Waals surface area contributed by atoms with Crippen LogP contribution in [0.2, 0.25) is 0 Å². The zero-order chi connectivity index (χ0) is 16.8. The van der Waals surface area contributed by atoms with Gasteiger partial charge in [0, 0.05) is 29.4 Å². The second-order valence-corrected chi connectivity index (χ2v) is 8.13. The first-order valence-corrected chi connectivity index (χ1v) is 8.84. The summed E-state index contributed by atoms with van der Waals surface area (Å²) in [4.78, 5) is 24.3. The Kier molecular flexibility index (Phi) is 4.11. The summed E-state index contributed by atoms with van der Waals surface area (Å²) in [5, 5.41) is 0. The minimum Gasteiger partial charge on any atom is -0.369 e. The molecule has 1 fully saturated rings. The van der Waals surface area contributed by atoms with Crippen LogP contribution in [0.4, 0.5) is 0 Å². The molecule has 1 aromatic rings. The van der Waals surface area contributed by atoms with Gasteiger partial charge in [-0.15, -0.1) is 0 Å². The summed E-state index contributed by atoms with van der Waals surface area (Å²) >= 11 is 0. The molecule has 3 rings (SSSR count). The maximum Gasteiger partial charge on any atom is 0.221 e. The van der Waals surface area contributed by atoms with Gasteiger partial charge in [0.15, 0.2) is 5.78 Å². The van der Waals surface area contributed by atoms with Gasteiger partial charge in [0.05, 0.1) is 6.42 Å². The molecule has 2 aliphatic rings. The molecule has 126 valence electrons. The Bertz CT molecular complexity index is 649. The lowest BCUT2D eigenvalue weighted by Crippen LogP contribution is -2.30. The Morgan fingerprint density at radius 1 is 1.22 bits per heavy atom. The maximum absolute atomic E-state index is 12.8. The minimum atomic E-state index is -0.352. The summed E-state index contributed by atoms with van der Waals surface area (Å²) in [5.74, 6) is -0.167. The van der Waals surface area contributed by atoms with Crippen molar-refractivity contribution >= 4 is 11.7 Å². The molecule has 1 saturated carbocycles. The van der Waals surface area contributed by atoms with E-state index in [9.17, 15) is 9.59 Å². The van der Waals surface area contributed by atoms with Crippen LogP contribution in [-0.4, -0.2) is 16.3 Å². The number of rotatable bonds is 3. The second-order valence-electron chi connectivity index (χ2n) is 8.13. The van der Waals surface area contributed by atoms with Crippen LogP contribution in [0.1, 0.15) is 85.7 Å². The number of hydrogen-bond donors (Lipinski definition) is 1. The number of carbonyl (C=O) groups excluding carboxylic acids is 2. The summed E-state index contributed by atoms with van der Waals surface area (Å²) in [5.41, 5.74) is 9.39. The second kappa shape index (κ2) is 5.81. The molecule has 1 amide bonds. The number of nitrogens with two attached hydrogens (primary N) is 1. The summed E-state index contributed by atoms with van der Waals surface area (Å²) < 4.78 is 2.39. The van der Waals surface area contributed by atoms with Crippen molar-refractivity contribution in [3.63, 3.8) is 0 Å². The number of primary amides is 1. The van der Waals surface area contributed by atoms with E-state index in [1.54, 1.807) is 0 Å². The number of hydrogen-bond acceptors (Lipinski definition) is 2. The average molecular weight is 316 g/mol. The van der Waals surface area contributed by atoms with Crippen molar-refractivity contribution in [2.45, 2.75) is 78.2 Å². The van der Waals surface area contributed by atoms with Crippen molar-refractivity contribution in [1.29, 1.82) is 0 Å². The first kappa shape index (κ1) is 16.3. The summed E-state index contributed by atoms with van der Waals surface area (Å²) in [6.45, 7) is 6.38. The Morgan fingerprint density at radius 3 is 2.48 bits per heavy atom. The lowest BCUT2D eigenvalue weighted by molar-refractivity contribution is -0.117. The molecule has 0 bridgehead atoms. The van der Waals surface area contributed by atoms with E-state index in [1.807, 2.05) is 0 Å². The number of ketones is 1.